The van der Waals surface area contributed by atoms with Gasteiger partial charge in [-0.15, -0.1) is 11.6 Å². The fraction of sp³-hybridized carbons (Fsp3) is 0.220. The molecule has 2 aliphatic heterocycles. The summed E-state index contributed by atoms with van der Waals surface area (Å²) in [6, 6.07) is 24.3. The maximum absolute atomic E-state index is 13.4. The van der Waals surface area contributed by atoms with Crippen molar-refractivity contribution >= 4 is 46.4 Å². The van der Waals surface area contributed by atoms with Crippen molar-refractivity contribution in [3.8, 4) is 22.5 Å². The molecule has 0 atom stereocenters. The first-order valence-electron chi connectivity index (χ1n) is 18.0. The molecule has 2 amide bonds. The second kappa shape index (κ2) is 16.7. The maximum Gasteiger partial charge on any atom is 0.237 e. The van der Waals surface area contributed by atoms with Crippen LogP contribution in [0.25, 0.3) is 22.5 Å². The van der Waals surface area contributed by atoms with Gasteiger partial charge in [0.1, 0.15) is 63.8 Å². The number of hydrogen-bond donors (Lipinski definition) is 2. The number of halogens is 5. The van der Waals surface area contributed by atoms with E-state index in [1.165, 1.54) is 48.5 Å². The van der Waals surface area contributed by atoms with Crippen LogP contribution < -0.4 is 10.6 Å². The van der Waals surface area contributed by atoms with E-state index in [0.717, 1.165) is 28.5 Å². The second-order valence-corrected chi connectivity index (χ2v) is 13.4. The molecule has 4 heterocycles. The summed E-state index contributed by atoms with van der Waals surface area (Å²) in [4.78, 5) is 36.9. The van der Waals surface area contributed by atoms with Crippen molar-refractivity contribution in [2.45, 2.75) is 39.5 Å². The fourth-order valence-corrected chi connectivity index (χ4v) is 6.78. The van der Waals surface area contributed by atoms with Gasteiger partial charge in [0, 0.05) is 55.1 Å². The van der Waals surface area contributed by atoms with Crippen molar-refractivity contribution in [2.75, 3.05) is 29.6 Å². The van der Waals surface area contributed by atoms with E-state index in [1.54, 1.807) is 58.3 Å². The van der Waals surface area contributed by atoms with Gasteiger partial charge in [0.25, 0.3) is 0 Å². The highest BCUT2D eigenvalue weighted by Gasteiger charge is 2.28. The van der Waals surface area contributed by atoms with Crippen LogP contribution in [0.2, 0.25) is 0 Å². The SMILES string of the molecule is CCC(=O)N1CCn2c(nc(-c3ccc(F)cc3)c2Nc2ccc(F)cc2)C1.O=C(CCl)N1CCn2c(nc(-c3ccc(F)cc3)c2Nc2ccc(F)cc2)C1. The van der Waals surface area contributed by atoms with Gasteiger partial charge < -0.3 is 29.6 Å². The van der Waals surface area contributed by atoms with Gasteiger partial charge in [0.2, 0.25) is 11.8 Å². The minimum absolute atomic E-state index is 0.0772. The van der Waals surface area contributed by atoms with Crippen molar-refractivity contribution in [1.29, 1.82) is 0 Å². The monoisotopic (exact) mass is 784 g/mol. The number of hydrogen-bond acceptors (Lipinski definition) is 6. The summed E-state index contributed by atoms with van der Waals surface area (Å²) in [6.07, 6.45) is 0.451. The Kier molecular flexibility index (Phi) is 11.4. The first-order chi connectivity index (χ1) is 27.1. The molecule has 2 aromatic heterocycles. The number of carbonyl (C=O) groups is 2. The summed E-state index contributed by atoms with van der Waals surface area (Å²) in [6.45, 7) is 4.84. The average Bonchev–Trinajstić information content (AvgIpc) is 3.76. The number of alkyl halides is 1. The number of fused-ring (bicyclic) bond motifs is 2. The second-order valence-electron chi connectivity index (χ2n) is 13.1. The third-order valence-corrected chi connectivity index (χ3v) is 9.74. The molecular formula is C41H37ClF4N8O2. The van der Waals surface area contributed by atoms with E-state index < -0.39 is 0 Å². The Morgan fingerprint density at radius 1 is 0.571 bits per heavy atom. The molecule has 2 N–H and O–H groups in total. The lowest BCUT2D eigenvalue weighted by Crippen LogP contribution is -2.39. The molecule has 15 heteroatoms. The van der Waals surface area contributed by atoms with E-state index in [-0.39, 0.29) is 41.0 Å². The van der Waals surface area contributed by atoms with Crippen LogP contribution in [0.5, 0.6) is 0 Å². The highest BCUT2D eigenvalue weighted by atomic mass is 35.5. The maximum atomic E-state index is 13.4. The van der Waals surface area contributed by atoms with Gasteiger partial charge in [-0.3, -0.25) is 9.59 Å². The van der Waals surface area contributed by atoms with E-state index in [2.05, 4.69) is 10.6 Å². The van der Waals surface area contributed by atoms with Gasteiger partial charge in [-0.1, -0.05) is 6.92 Å². The molecule has 10 nitrogen and oxygen atoms in total. The third kappa shape index (κ3) is 8.40. The van der Waals surface area contributed by atoms with Crippen LogP contribution in [0.4, 0.5) is 40.6 Å². The van der Waals surface area contributed by atoms with Crippen LogP contribution in [0.15, 0.2) is 97.1 Å². The Morgan fingerprint density at radius 3 is 1.29 bits per heavy atom. The van der Waals surface area contributed by atoms with E-state index in [4.69, 9.17) is 21.6 Å². The molecule has 0 radical (unpaired) electrons. The Morgan fingerprint density at radius 2 is 0.929 bits per heavy atom. The molecule has 0 saturated carbocycles. The van der Waals surface area contributed by atoms with Crippen molar-refractivity contribution in [3.63, 3.8) is 0 Å². The standard InChI is InChI=1S/C21H20F2N4O.C20H17ClF2N4O/c1-2-19(28)26-11-12-27-18(13-26)25-20(14-3-5-15(22)6-4-14)21(27)24-17-9-7-16(23)8-10-17;21-11-18(28)26-9-10-27-17(12-26)25-19(13-1-3-14(22)4-2-13)20(27)24-16-7-5-15(23)6-8-16/h3-10,24H,2,11-13H2,1H3;1-8,24H,9-12H2. The predicted molar refractivity (Wildman–Crippen MR) is 206 cm³/mol. The minimum atomic E-state index is -0.334. The lowest BCUT2D eigenvalue weighted by molar-refractivity contribution is -0.132. The smallest absolute Gasteiger partial charge is 0.237 e. The zero-order valence-electron chi connectivity index (χ0n) is 30.3. The van der Waals surface area contributed by atoms with Crippen LogP contribution in [-0.4, -0.2) is 59.7 Å². The number of imidazole rings is 2. The van der Waals surface area contributed by atoms with Crippen LogP contribution in [0.1, 0.15) is 25.0 Å². The van der Waals surface area contributed by atoms with Gasteiger partial charge in [-0.05, 0) is 97.1 Å². The van der Waals surface area contributed by atoms with Crippen molar-refractivity contribution in [1.82, 2.24) is 28.9 Å². The molecule has 288 valence electrons. The molecule has 0 fully saturated rings. The first-order valence-corrected chi connectivity index (χ1v) is 18.5. The fourth-order valence-electron chi connectivity index (χ4n) is 6.61. The zero-order chi connectivity index (χ0) is 39.3. The number of benzene rings is 4. The van der Waals surface area contributed by atoms with Gasteiger partial charge in [0.15, 0.2) is 0 Å². The summed E-state index contributed by atoms with van der Waals surface area (Å²) in [5, 5.41) is 6.61. The molecular weight excluding hydrogens is 748 g/mol. The van der Waals surface area contributed by atoms with Crippen molar-refractivity contribution in [3.05, 3.63) is 132 Å². The van der Waals surface area contributed by atoms with Gasteiger partial charge in [-0.2, -0.15) is 0 Å². The van der Waals surface area contributed by atoms with E-state index in [0.29, 0.717) is 74.4 Å². The summed E-state index contributed by atoms with van der Waals surface area (Å²) < 4.78 is 57.2. The van der Waals surface area contributed by atoms with Crippen molar-refractivity contribution < 1.29 is 27.2 Å². The van der Waals surface area contributed by atoms with Gasteiger partial charge >= 0.3 is 0 Å². The Hall–Kier alpha value is -6.15. The molecule has 0 unspecified atom stereocenters. The van der Waals surface area contributed by atoms with Gasteiger partial charge in [0.05, 0.1) is 13.1 Å². The molecule has 2 aliphatic rings. The van der Waals surface area contributed by atoms with Gasteiger partial charge in [-0.25, -0.2) is 27.5 Å². The molecule has 8 rings (SSSR count). The largest absolute Gasteiger partial charge is 0.340 e. The number of anilines is 4. The Balaban J connectivity index is 0.000000172. The highest BCUT2D eigenvalue weighted by Crippen LogP contribution is 2.35. The van der Waals surface area contributed by atoms with Crippen LogP contribution in [0.3, 0.4) is 0 Å². The first kappa shape index (κ1) is 38.1. The summed E-state index contributed by atoms with van der Waals surface area (Å²) in [5.41, 5.74) is 4.24. The average molecular weight is 785 g/mol. The summed E-state index contributed by atoms with van der Waals surface area (Å²) in [7, 11) is 0. The van der Waals surface area contributed by atoms with E-state index in [9.17, 15) is 27.2 Å². The number of rotatable bonds is 8. The third-order valence-electron chi connectivity index (χ3n) is 9.52. The number of carbonyl (C=O) groups excluding carboxylic acids is 2. The van der Waals surface area contributed by atoms with Crippen molar-refractivity contribution in [2.24, 2.45) is 0 Å². The molecule has 0 bridgehead atoms. The lowest BCUT2D eigenvalue weighted by Gasteiger charge is -2.28. The number of aromatic nitrogens is 4. The Bertz CT molecular complexity index is 2170. The van der Waals surface area contributed by atoms with Crippen LogP contribution in [-0.2, 0) is 35.8 Å². The van der Waals surface area contributed by atoms with Crippen LogP contribution >= 0.6 is 11.6 Å². The molecule has 4 aromatic carbocycles. The normalized spacial score (nSPS) is 13.3. The lowest BCUT2D eigenvalue weighted by atomic mass is 10.1. The summed E-state index contributed by atoms with van der Waals surface area (Å²) in [5.74, 6) is 1.50. The Labute approximate surface area is 325 Å². The van der Waals surface area contributed by atoms with E-state index >= 15 is 0 Å². The van der Waals surface area contributed by atoms with E-state index in [1.807, 2.05) is 16.1 Å². The zero-order valence-corrected chi connectivity index (χ0v) is 31.0. The number of nitrogens with zero attached hydrogens (tertiary/aromatic N) is 6. The molecule has 0 aliphatic carbocycles. The highest BCUT2D eigenvalue weighted by molar-refractivity contribution is 6.27. The van der Waals surface area contributed by atoms with Crippen LogP contribution in [0, 0.1) is 23.3 Å². The predicted octanol–water partition coefficient (Wildman–Crippen LogP) is 8.48. The molecule has 0 spiro atoms. The topological polar surface area (TPSA) is 100 Å². The molecule has 6 aromatic rings. The summed E-state index contributed by atoms with van der Waals surface area (Å²) >= 11 is 5.68. The minimum Gasteiger partial charge on any atom is -0.340 e. The molecule has 0 saturated heterocycles. The number of amides is 2. The number of nitrogens with one attached hydrogen (secondary N) is 2. The quantitative estimate of drug-likeness (QED) is 0.119. The molecule has 56 heavy (non-hydrogen) atoms.